The number of rotatable bonds is 4. The predicted octanol–water partition coefficient (Wildman–Crippen LogP) is 2.01. The predicted molar refractivity (Wildman–Crippen MR) is 96.1 cm³/mol. The summed E-state index contributed by atoms with van der Waals surface area (Å²) in [6.45, 7) is 8.79. The van der Waals surface area contributed by atoms with E-state index >= 15 is 0 Å². The third-order valence-electron chi connectivity index (χ3n) is 5.28. The van der Waals surface area contributed by atoms with Gasteiger partial charge < -0.3 is 19.9 Å². The van der Waals surface area contributed by atoms with Crippen LogP contribution in [0.5, 0.6) is 0 Å². The van der Waals surface area contributed by atoms with Gasteiger partial charge in [-0.15, -0.1) is 0 Å². The number of morpholine rings is 1. The maximum absolute atomic E-state index is 14.5. The lowest BCUT2D eigenvalue weighted by molar-refractivity contribution is -0.130. The number of piperidine rings is 1. The summed E-state index contributed by atoms with van der Waals surface area (Å²) in [7, 11) is 0. The molecule has 3 rings (SSSR count). The molecule has 138 valence electrons. The van der Waals surface area contributed by atoms with E-state index in [1.165, 1.54) is 0 Å². The fourth-order valence-electron chi connectivity index (χ4n) is 3.70. The second kappa shape index (κ2) is 8.15. The lowest BCUT2D eigenvalue weighted by atomic mass is 9.93. The normalized spacial score (nSPS) is 24.4. The Morgan fingerprint density at radius 1 is 1.32 bits per heavy atom. The van der Waals surface area contributed by atoms with Gasteiger partial charge in [-0.05, 0) is 30.0 Å². The third-order valence-corrected chi connectivity index (χ3v) is 5.28. The maximum atomic E-state index is 14.5. The summed E-state index contributed by atoms with van der Waals surface area (Å²) in [4.78, 5) is 15.4. The molecule has 0 aliphatic carbocycles. The molecule has 1 N–H and O–H groups in total. The van der Waals surface area contributed by atoms with Crippen molar-refractivity contribution in [3.05, 3.63) is 29.6 Å². The van der Waals surface area contributed by atoms with Crippen LogP contribution in [-0.2, 0) is 16.1 Å². The lowest BCUT2D eigenvalue weighted by Gasteiger charge is -2.37. The number of likely N-dealkylation sites (tertiary alicyclic amines) is 1. The topological polar surface area (TPSA) is 44.8 Å². The summed E-state index contributed by atoms with van der Waals surface area (Å²) < 4.78 is 19.8. The zero-order valence-corrected chi connectivity index (χ0v) is 15.1. The Morgan fingerprint density at radius 2 is 2.08 bits per heavy atom. The van der Waals surface area contributed by atoms with Crippen LogP contribution in [0.1, 0.15) is 25.8 Å². The molecule has 0 bridgehead atoms. The van der Waals surface area contributed by atoms with Crippen LogP contribution < -0.4 is 10.2 Å². The van der Waals surface area contributed by atoms with Crippen LogP contribution in [0.25, 0.3) is 0 Å². The van der Waals surface area contributed by atoms with E-state index in [4.69, 9.17) is 4.74 Å². The summed E-state index contributed by atoms with van der Waals surface area (Å²) >= 11 is 0. The average molecular weight is 349 g/mol. The number of carbonyl (C=O) groups excluding carboxylic acids is 1. The first kappa shape index (κ1) is 18.1. The van der Waals surface area contributed by atoms with Crippen LogP contribution in [0.3, 0.4) is 0 Å². The van der Waals surface area contributed by atoms with Crippen molar-refractivity contribution in [3.63, 3.8) is 0 Å². The number of carbonyl (C=O) groups is 1. The standard InChI is InChI=1S/C19H28FN3O2/c1-14-13-23(15(2)24)6-5-18(14)21-12-16-3-4-19(17(20)11-16)22-7-9-25-10-8-22/h3-4,11,14,18,21H,5-10,12-13H2,1-2H3/t14-,18+/m1/s1. The van der Waals surface area contributed by atoms with Gasteiger partial charge in [-0.2, -0.15) is 0 Å². The quantitative estimate of drug-likeness (QED) is 0.903. The van der Waals surface area contributed by atoms with Gasteiger partial charge in [-0.1, -0.05) is 13.0 Å². The Labute approximate surface area is 149 Å². The fraction of sp³-hybridized carbons (Fsp3) is 0.632. The molecule has 0 spiro atoms. The summed E-state index contributed by atoms with van der Waals surface area (Å²) in [5.74, 6) is 0.377. The van der Waals surface area contributed by atoms with Crippen molar-refractivity contribution in [2.24, 2.45) is 5.92 Å². The summed E-state index contributed by atoms with van der Waals surface area (Å²) in [5.41, 5.74) is 1.62. The maximum Gasteiger partial charge on any atom is 0.219 e. The molecule has 2 fully saturated rings. The zero-order valence-electron chi connectivity index (χ0n) is 15.1. The van der Waals surface area contributed by atoms with Gasteiger partial charge in [0.2, 0.25) is 5.91 Å². The second-order valence-electron chi connectivity index (χ2n) is 7.10. The fourth-order valence-corrected chi connectivity index (χ4v) is 3.70. The Kier molecular flexibility index (Phi) is 5.91. The van der Waals surface area contributed by atoms with Gasteiger partial charge in [0.1, 0.15) is 5.82 Å². The molecule has 25 heavy (non-hydrogen) atoms. The first-order valence-corrected chi connectivity index (χ1v) is 9.14. The van der Waals surface area contributed by atoms with Gasteiger partial charge in [-0.25, -0.2) is 4.39 Å². The highest BCUT2D eigenvalue weighted by Gasteiger charge is 2.26. The molecular weight excluding hydrogens is 321 g/mol. The molecule has 2 aliphatic rings. The van der Waals surface area contributed by atoms with Crippen molar-refractivity contribution in [1.82, 2.24) is 10.2 Å². The van der Waals surface area contributed by atoms with E-state index in [1.807, 2.05) is 21.9 Å². The van der Waals surface area contributed by atoms with Gasteiger partial charge in [-0.3, -0.25) is 4.79 Å². The minimum absolute atomic E-state index is 0.145. The molecule has 1 aromatic rings. The molecule has 2 saturated heterocycles. The Morgan fingerprint density at radius 3 is 2.72 bits per heavy atom. The number of nitrogens with zero attached hydrogens (tertiary/aromatic N) is 2. The van der Waals surface area contributed by atoms with Crippen LogP contribution in [0, 0.1) is 11.7 Å². The molecule has 2 heterocycles. The van der Waals surface area contributed by atoms with E-state index < -0.39 is 0 Å². The van der Waals surface area contributed by atoms with Crippen LogP contribution in [0.15, 0.2) is 18.2 Å². The van der Waals surface area contributed by atoms with Crippen LogP contribution in [0.2, 0.25) is 0 Å². The molecule has 2 aliphatic heterocycles. The lowest BCUT2D eigenvalue weighted by Crippen LogP contribution is -2.49. The highest BCUT2D eigenvalue weighted by molar-refractivity contribution is 5.73. The van der Waals surface area contributed by atoms with Gasteiger partial charge in [0.15, 0.2) is 0 Å². The van der Waals surface area contributed by atoms with E-state index in [1.54, 1.807) is 13.0 Å². The highest BCUT2D eigenvalue weighted by atomic mass is 19.1. The molecule has 0 radical (unpaired) electrons. The number of hydrogen-bond donors (Lipinski definition) is 1. The molecule has 5 nitrogen and oxygen atoms in total. The van der Waals surface area contributed by atoms with Crippen LogP contribution >= 0.6 is 0 Å². The SMILES string of the molecule is CC(=O)N1CC[C@H](NCc2ccc(N3CCOCC3)c(F)c2)[C@H](C)C1. The number of nitrogens with one attached hydrogen (secondary N) is 1. The minimum Gasteiger partial charge on any atom is -0.378 e. The number of halogens is 1. The zero-order chi connectivity index (χ0) is 17.8. The highest BCUT2D eigenvalue weighted by Crippen LogP contribution is 2.22. The molecule has 0 saturated carbocycles. The van der Waals surface area contributed by atoms with Gasteiger partial charge in [0, 0.05) is 45.7 Å². The average Bonchev–Trinajstić information content (AvgIpc) is 2.61. The van der Waals surface area contributed by atoms with Crippen molar-refractivity contribution in [2.75, 3.05) is 44.3 Å². The molecular formula is C19H28FN3O2. The van der Waals surface area contributed by atoms with E-state index in [9.17, 15) is 9.18 Å². The Hall–Kier alpha value is -1.66. The first-order valence-electron chi connectivity index (χ1n) is 9.14. The van der Waals surface area contributed by atoms with E-state index in [2.05, 4.69) is 12.2 Å². The van der Waals surface area contributed by atoms with Gasteiger partial charge in [0.05, 0.1) is 18.9 Å². The van der Waals surface area contributed by atoms with Gasteiger partial charge >= 0.3 is 0 Å². The molecule has 0 unspecified atom stereocenters. The monoisotopic (exact) mass is 349 g/mol. The van der Waals surface area contributed by atoms with Crippen molar-refractivity contribution >= 4 is 11.6 Å². The molecule has 1 amide bonds. The smallest absolute Gasteiger partial charge is 0.219 e. The van der Waals surface area contributed by atoms with Crippen LogP contribution in [-0.4, -0.2) is 56.2 Å². The van der Waals surface area contributed by atoms with Crippen molar-refractivity contribution in [2.45, 2.75) is 32.9 Å². The number of ether oxygens (including phenoxy) is 1. The van der Waals surface area contributed by atoms with Crippen molar-refractivity contribution in [3.8, 4) is 0 Å². The number of benzene rings is 1. The summed E-state index contributed by atoms with van der Waals surface area (Å²) in [6, 6.07) is 5.86. The summed E-state index contributed by atoms with van der Waals surface area (Å²) in [5, 5.41) is 3.54. The van der Waals surface area contributed by atoms with Gasteiger partial charge in [0.25, 0.3) is 0 Å². The molecule has 6 heteroatoms. The Bertz CT molecular complexity index is 604. The van der Waals surface area contributed by atoms with E-state index in [-0.39, 0.29) is 11.7 Å². The van der Waals surface area contributed by atoms with Crippen LogP contribution in [0.4, 0.5) is 10.1 Å². The molecule has 1 aromatic carbocycles. The van der Waals surface area contributed by atoms with E-state index in [0.717, 1.165) is 38.2 Å². The number of amides is 1. The summed E-state index contributed by atoms with van der Waals surface area (Å²) in [6.07, 6.45) is 0.940. The minimum atomic E-state index is -0.166. The molecule has 0 aromatic heterocycles. The Balaban J connectivity index is 1.55. The third kappa shape index (κ3) is 4.50. The van der Waals surface area contributed by atoms with Crippen molar-refractivity contribution < 1.29 is 13.9 Å². The first-order chi connectivity index (χ1) is 12.0. The van der Waals surface area contributed by atoms with Crippen molar-refractivity contribution in [1.29, 1.82) is 0 Å². The number of hydrogen-bond acceptors (Lipinski definition) is 4. The molecule has 2 atom stereocenters. The largest absolute Gasteiger partial charge is 0.378 e. The second-order valence-corrected chi connectivity index (χ2v) is 7.10. The number of anilines is 1. The van der Waals surface area contributed by atoms with E-state index in [0.29, 0.717) is 37.4 Å².